The summed E-state index contributed by atoms with van der Waals surface area (Å²) in [5.74, 6) is 0.655. The molecule has 0 aromatic rings. The molecule has 0 saturated carbocycles. The summed E-state index contributed by atoms with van der Waals surface area (Å²) in [6.45, 7) is 11.9. The van der Waals surface area contributed by atoms with E-state index in [2.05, 4.69) is 31.0 Å². The van der Waals surface area contributed by atoms with Gasteiger partial charge in [0.05, 0.1) is 7.11 Å². The molecule has 21 heavy (non-hydrogen) atoms. The van der Waals surface area contributed by atoms with Crippen molar-refractivity contribution in [2.24, 2.45) is 5.92 Å². The molecule has 0 aliphatic carbocycles. The van der Waals surface area contributed by atoms with Crippen LogP contribution in [0.3, 0.4) is 0 Å². The Kier molecular flexibility index (Phi) is 7.67. The lowest BCUT2D eigenvalue weighted by Crippen LogP contribution is -2.51. The summed E-state index contributed by atoms with van der Waals surface area (Å²) in [7, 11) is 1.47. The number of nitrogens with zero attached hydrogens (tertiary/aromatic N) is 1. The predicted octanol–water partition coefficient (Wildman–Crippen LogP) is 2.82. The third-order valence-corrected chi connectivity index (χ3v) is 4.77. The molecule has 1 saturated heterocycles. The highest BCUT2D eigenvalue weighted by Crippen LogP contribution is 2.23. The molecule has 3 atom stereocenters. The van der Waals surface area contributed by atoms with Gasteiger partial charge >= 0.3 is 5.97 Å². The molecule has 0 spiro atoms. The zero-order chi connectivity index (χ0) is 15.9. The highest BCUT2D eigenvalue weighted by Gasteiger charge is 2.33. The lowest BCUT2D eigenvalue weighted by Gasteiger charge is -2.37. The Balaban J connectivity index is 2.47. The Hall–Kier alpha value is -0.610. The summed E-state index contributed by atoms with van der Waals surface area (Å²) in [5.41, 5.74) is -0.546. The standard InChI is InChI=1S/C17H34N2O2/c1-6-11-18-17(4,16(20)21-5)10-7-12-19-13-14(2)8-9-15(19)3/h14-15,18H,6-13H2,1-5H3. The summed E-state index contributed by atoms with van der Waals surface area (Å²) in [5, 5.41) is 3.36. The molecule has 1 N–H and O–H groups in total. The lowest BCUT2D eigenvalue weighted by molar-refractivity contribution is -0.148. The maximum Gasteiger partial charge on any atom is 0.325 e. The van der Waals surface area contributed by atoms with Gasteiger partial charge in [0.2, 0.25) is 0 Å². The van der Waals surface area contributed by atoms with Crippen LogP contribution in [0.5, 0.6) is 0 Å². The topological polar surface area (TPSA) is 41.6 Å². The minimum Gasteiger partial charge on any atom is -0.468 e. The number of carbonyl (C=O) groups is 1. The second-order valence-electron chi connectivity index (χ2n) is 6.88. The van der Waals surface area contributed by atoms with Crippen molar-refractivity contribution in [1.82, 2.24) is 10.2 Å². The van der Waals surface area contributed by atoms with E-state index < -0.39 is 5.54 Å². The first-order valence-corrected chi connectivity index (χ1v) is 8.50. The largest absolute Gasteiger partial charge is 0.468 e. The van der Waals surface area contributed by atoms with Crippen molar-refractivity contribution < 1.29 is 9.53 Å². The molecule has 0 aromatic carbocycles. The first-order valence-electron chi connectivity index (χ1n) is 8.50. The monoisotopic (exact) mass is 298 g/mol. The molecule has 1 aliphatic rings. The molecule has 1 heterocycles. The van der Waals surface area contributed by atoms with Crippen LogP contribution in [0.15, 0.2) is 0 Å². The predicted molar refractivity (Wildman–Crippen MR) is 87.4 cm³/mol. The van der Waals surface area contributed by atoms with Crippen LogP contribution in [-0.2, 0) is 9.53 Å². The van der Waals surface area contributed by atoms with Gasteiger partial charge in [-0.15, -0.1) is 0 Å². The third-order valence-electron chi connectivity index (χ3n) is 4.77. The second kappa shape index (κ2) is 8.74. The number of hydrogen-bond donors (Lipinski definition) is 1. The van der Waals surface area contributed by atoms with Crippen LogP contribution in [0.2, 0.25) is 0 Å². The van der Waals surface area contributed by atoms with Gasteiger partial charge in [0.25, 0.3) is 0 Å². The van der Waals surface area contributed by atoms with Crippen LogP contribution in [0.4, 0.5) is 0 Å². The van der Waals surface area contributed by atoms with Crippen molar-refractivity contribution in [3.63, 3.8) is 0 Å². The van der Waals surface area contributed by atoms with Crippen molar-refractivity contribution in [3.05, 3.63) is 0 Å². The molecule has 1 rings (SSSR count). The van der Waals surface area contributed by atoms with Crippen LogP contribution < -0.4 is 5.32 Å². The number of esters is 1. The van der Waals surface area contributed by atoms with Gasteiger partial charge in [-0.1, -0.05) is 13.8 Å². The zero-order valence-corrected chi connectivity index (χ0v) is 14.6. The van der Waals surface area contributed by atoms with E-state index in [-0.39, 0.29) is 5.97 Å². The minimum absolute atomic E-state index is 0.143. The van der Waals surface area contributed by atoms with E-state index in [1.54, 1.807) is 0 Å². The van der Waals surface area contributed by atoms with Crippen molar-refractivity contribution in [3.8, 4) is 0 Å². The molecular formula is C17H34N2O2. The van der Waals surface area contributed by atoms with Crippen LogP contribution in [0.25, 0.3) is 0 Å². The first-order chi connectivity index (χ1) is 9.92. The van der Waals surface area contributed by atoms with Gasteiger partial charge in [0.1, 0.15) is 5.54 Å². The van der Waals surface area contributed by atoms with Crippen molar-refractivity contribution in [2.75, 3.05) is 26.7 Å². The van der Waals surface area contributed by atoms with E-state index in [1.165, 1.54) is 26.5 Å². The van der Waals surface area contributed by atoms with E-state index in [0.717, 1.165) is 38.3 Å². The van der Waals surface area contributed by atoms with E-state index in [4.69, 9.17) is 4.74 Å². The van der Waals surface area contributed by atoms with Crippen LogP contribution in [0, 0.1) is 5.92 Å². The van der Waals surface area contributed by atoms with Crippen LogP contribution >= 0.6 is 0 Å². The number of nitrogens with one attached hydrogen (secondary N) is 1. The number of ether oxygens (including phenoxy) is 1. The SMILES string of the molecule is CCCNC(C)(CCCN1CC(C)CCC1C)C(=O)OC. The smallest absolute Gasteiger partial charge is 0.325 e. The zero-order valence-electron chi connectivity index (χ0n) is 14.6. The Morgan fingerprint density at radius 2 is 2.10 bits per heavy atom. The number of carbonyl (C=O) groups excluding carboxylic acids is 1. The first kappa shape index (κ1) is 18.4. The summed E-state index contributed by atoms with van der Waals surface area (Å²) in [6, 6.07) is 0.675. The summed E-state index contributed by atoms with van der Waals surface area (Å²) >= 11 is 0. The quantitative estimate of drug-likeness (QED) is 0.700. The van der Waals surface area contributed by atoms with Crippen LogP contribution in [0.1, 0.15) is 59.8 Å². The summed E-state index contributed by atoms with van der Waals surface area (Å²) in [6.07, 6.45) is 5.52. The van der Waals surface area contributed by atoms with E-state index in [0.29, 0.717) is 6.04 Å². The lowest BCUT2D eigenvalue weighted by atomic mass is 9.92. The number of likely N-dealkylation sites (tertiary alicyclic amines) is 1. The Bertz CT molecular complexity index is 322. The van der Waals surface area contributed by atoms with Gasteiger partial charge in [0.15, 0.2) is 0 Å². The number of hydrogen-bond acceptors (Lipinski definition) is 4. The normalized spacial score (nSPS) is 26.3. The van der Waals surface area contributed by atoms with Gasteiger partial charge in [-0.25, -0.2) is 0 Å². The second-order valence-corrected chi connectivity index (χ2v) is 6.88. The minimum atomic E-state index is -0.546. The highest BCUT2D eigenvalue weighted by molar-refractivity contribution is 5.80. The maximum absolute atomic E-state index is 12.0. The third kappa shape index (κ3) is 5.59. The van der Waals surface area contributed by atoms with Gasteiger partial charge in [-0.2, -0.15) is 0 Å². The molecule has 0 amide bonds. The number of piperidine rings is 1. The highest BCUT2D eigenvalue weighted by atomic mass is 16.5. The molecule has 124 valence electrons. The molecule has 4 nitrogen and oxygen atoms in total. The molecule has 4 heteroatoms. The van der Waals surface area contributed by atoms with Crippen molar-refractivity contribution in [1.29, 1.82) is 0 Å². The average molecular weight is 298 g/mol. The number of methoxy groups -OCH3 is 1. The van der Waals surface area contributed by atoms with E-state index in [9.17, 15) is 4.79 Å². The summed E-state index contributed by atoms with van der Waals surface area (Å²) in [4.78, 5) is 14.6. The van der Waals surface area contributed by atoms with Gasteiger partial charge in [-0.05, 0) is 65.0 Å². The van der Waals surface area contributed by atoms with Gasteiger partial charge < -0.3 is 15.0 Å². The average Bonchev–Trinajstić information content (AvgIpc) is 2.47. The van der Waals surface area contributed by atoms with Crippen molar-refractivity contribution >= 4 is 5.97 Å². The van der Waals surface area contributed by atoms with E-state index >= 15 is 0 Å². The summed E-state index contributed by atoms with van der Waals surface area (Å²) < 4.78 is 4.98. The van der Waals surface area contributed by atoms with Crippen molar-refractivity contribution in [2.45, 2.75) is 71.4 Å². The number of rotatable bonds is 8. The Labute approximate surface area is 130 Å². The molecule has 1 aliphatic heterocycles. The fourth-order valence-corrected chi connectivity index (χ4v) is 3.22. The molecule has 3 unspecified atom stereocenters. The van der Waals surface area contributed by atoms with Gasteiger partial charge in [0, 0.05) is 12.6 Å². The Morgan fingerprint density at radius 3 is 2.71 bits per heavy atom. The molecule has 0 radical (unpaired) electrons. The maximum atomic E-state index is 12.0. The molecule has 0 bridgehead atoms. The van der Waals surface area contributed by atoms with Gasteiger partial charge in [-0.3, -0.25) is 4.79 Å². The van der Waals surface area contributed by atoms with Crippen LogP contribution in [-0.4, -0.2) is 49.2 Å². The fourth-order valence-electron chi connectivity index (χ4n) is 3.22. The molecular weight excluding hydrogens is 264 g/mol. The van der Waals surface area contributed by atoms with E-state index in [1.807, 2.05) is 6.92 Å². The Morgan fingerprint density at radius 1 is 1.38 bits per heavy atom. The molecule has 1 fully saturated rings. The molecule has 0 aromatic heterocycles. The fraction of sp³-hybridized carbons (Fsp3) is 0.941.